The van der Waals surface area contributed by atoms with Crippen LogP contribution in [0.15, 0.2) is 12.7 Å². The Hall–Kier alpha value is 0.0900. The predicted octanol–water partition coefficient (Wildman–Crippen LogP) is 4.27. The van der Waals surface area contributed by atoms with E-state index in [0.29, 0.717) is 5.41 Å². The first-order valence-electron chi connectivity index (χ1n) is 5.45. The van der Waals surface area contributed by atoms with E-state index in [2.05, 4.69) is 18.9 Å². The Bertz CT molecular complexity index is 143. The van der Waals surface area contributed by atoms with Crippen LogP contribution in [0, 0.1) is 5.41 Å². The normalized spacial score (nSPS) is 23.2. The minimum Gasteiger partial charge on any atom is -0.165 e. The lowest BCUT2D eigenvalue weighted by atomic mass is 9.78. The van der Waals surface area contributed by atoms with Gasteiger partial charge in [0, 0.05) is 5.75 Å². The molecule has 13 heavy (non-hydrogen) atoms. The Kier molecular flexibility index (Phi) is 4.93. The molecule has 76 valence electrons. The fourth-order valence-electron chi connectivity index (χ4n) is 2.30. The van der Waals surface area contributed by atoms with Crippen LogP contribution in [0.25, 0.3) is 0 Å². The molecule has 0 spiro atoms. The first-order valence-corrected chi connectivity index (χ1v) is 6.85. The Labute approximate surface area is 87.2 Å². The van der Waals surface area contributed by atoms with Crippen LogP contribution in [-0.4, -0.2) is 12.0 Å². The highest BCUT2D eigenvalue weighted by Gasteiger charge is 2.25. The summed E-state index contributed by atoms with van der Waals surface area (Å²) < 4.78 is 0. The number of thioether (sulfide) groups is 1. The van der Waals surface area contributed by atoms with Crippen molar-refractivity contribution in [2.24, 2.45) is 5.41 Å². The van der Waals surface area contributed by atoms with Crippen molar-refractivity contribution in [1.29, 1.82) is 0 Å². The van der Waals surface area contributed by atoms with Crippen molar-refractivity contribution in [2.75, 3.05) is 12.0 Å². The first kappa shape index (κ1) is 11.2. The molecule has 0 radical (unpaired) electrons. The average Bonchev–Trinajstić information content (AvgIpc) is 2.10. The van der Waals surface area contributed by atoms with Crippen molar-refractivity contribution in [3.05, 3.63) is 12.7 Å². The summed E-state index contributed by atoms with van der Waals surface area (Å²) in [4.78, 5) is 0. The Morgan fingerprint density at radius 2 is 1.69 bits per heavy atom. The molecule has 0 N–H and O–H groups in total. The molecule has 0 aromatic rings. The van der Waals surface area contributed by atoms with E-state index in [1.807, 2.05) is 11.8 Å². The van der Waals surface area contributed by atoms with Crippen LogP contribution < -0.4 is 0 Å². The van der Waals surface area contributed by atoms with Crippen molar-refractivity contribution in [3.8, 4) is 0 Å². The summed E-state index contributed by atoms with van der Waals surface area (Å²) in [5.74, 6) is 1.27. The quantitative estimate of drug-likeness (QED) is 0.610. The molecule has 1 rings (SSSR count). The van der Waals surface area contributed by atoms with Gasteiger partial charge >= 0.3 is 0 Å². The predicted molar refractivity (Wildman–Crippen MR) is 63.3 cm³/mol. The van der Waals surface area contributed by atoms with Crippen LogP contribution >= 0.6 is 11.8 Å². The average molecular weight is 198 g/mol. The molecule has 0 heterocycles. The van der Waals surface area contributed by atoms with Gasteiger partial charge in [0.1, 0.15) is 0 Å². The fourth-order valence-corrected chi connectivity index (χ4v) is 3.29. The smallest absolute Gasteiger partial charge is 0.00210 e. The number of hydrogen-bond donors (Lipinski definition) is 0. The minimum absolute atomic E-state index is 0.472. The van der Waals surface area contributed by atoms with E-state index in [9.17, 15) is 0 Å². The lowest BCUT2D eigenvalue weighted by Gasteiger charge is -2.31. The summed E-state index contributed by atoms with van der Waals surface area (Å²) in [5.41, 5.74) is 0.472. The third kappa shape index (κ3) is 3.38. The maximum Gasteiger partial charge on any atom is 0.00210 e. The highest BCUT2D eigenvalue weighted by atomic mass is 32.2. The molecule has 0 bridgehead atoms. The van der Waals surface area contributed by atoms with Crippen LogP contribution in [-0.2, 0) is 0 Å². The summed E-state index contributed by atoms with van der Waals surface area (Å²) in [6.45, 7) is 4.03. The summed E-state index contributed by atoms with van der Waals surface area (Å²) in [6, 6.07) is 0. The van der Waals surface area contributed by atoms with E-state index in [-0.39, 0.29) is 0 Å². The van der Waals surface area contributed by atoms with Crippen molar-refractivity contribution in [3.63, 3.8) is 0 Å². The molecular formula is C12H22S. The van der Waals surface area contributed by atoms with E-state index in [1.165, 1.54) is 50.7 Å². The van der Waals surface area contributed by atoms with Crippen LogP contribution in [0.5, 0.6) is 0 Å². The van der Waals surface area contributed by atoms with Gasteiger partial charge in [0.15, 0.2) is 0 Å². The molecule has 0 aromatic heterocycles. The van der Waals surface area contributed by atoms with Gasteiger partial charge in [-0.3, -0.25) is 0 Å². The van der Waals surface area contributed by atoms with Crippen molar-refractivity contribution in [1.82, 2.24) is 0 Å². The van der Waals surface area contributed by atoms with Gasteiger partial charge in [-0.05, 0) is 24.5 Å². The maximum atomic E-state index is 4.03. The van der Waals surface area contributed by atoms with E-state index in [1.54, 1.807) is 0 Å². The molecule has 0 aliphatic heterocycles. The summed E-state index contributed by atoms with van der Waals surface area (Å²) in [7, 11) is 0. The highest BCUT2D eigenvalue weighted by Crippen LogP contribution is 2.37. The third-order valence-corrected chi connectivity index (χ3v) is 4.08. The molecular weight excluding hydrogens is 176 g/mol. The van der Waals surface area contributed by atoms with Crippen LogP contribution in [0.2, 0.25) is 0 Å². The zero-order chi connectivity index (χ0) is 9.57. The van der Waals surface area contributed by atoms with Gasteiger partial charge in [-0.1, -0.05) is 38.2 Å². The molecule has 0 unspecified atom stereocenters. The van der Waals surface area contributed by atoms with E-state index >= 15 is 0 Å². The molecule has 1 aliphatic carbocycles. The van der Waals surface area contributed by atoms with Crippen LogP contribution in [0.3, 0.4) is 0 Å². The Balaban J connectivity index is 2.52. The third-order valence-electron chi connectivity index (χ3n) is 3.21. The molecule has 1 heteroatoms. The number of hydrogen-bond acceptors (Lipinski definition) is 1. The largest absolute Gasteiger partial charge is 0.165 e. The number of rotatable bonds is 3. The van der Waals surface area contributed by atoms with E-state index in [4.69, 9.17) is 0 Å². The van der Waals surface area contributed by atoms with Gasteiger partial charge in [0.2, 0.25) is 0 Å². The maximum absolute atomic E-state index is 4.03. The SMILES string of the molecule is C=CC1(CSC)CCCCCCC1. The zero-order valence-corrected chi connectivity index (χ0v) is 9.67. The lowest BCUT2D eigenvalue weighted by molar-refractivity contribution is 0.315. The van der Waals surface area contributed by atoms with E-state index in [0.717, 1.165) is 0 Å². The van der Waals surface area contributed by atoms with Crippen LogP contribution in [0.1, 0.15) is 44.9 Å². The van der Waals surface area contributed by atoms with Gasteiger partial charge in [-0.2, -0.15) is 11.8 Å². The Morgan fingerprint density at radius 1 is 1.15 bits per heavy atom. The standard InChI is InChI=1S/C12H22S/c1-3-12(11-13-2)9-7-5-4-6-8-10-12/h3H,1,4-11H2,2H3. The van der Waals surface area contributed by atoms with Crippen LogP contribution in [0.4, 0.5) is 0 Å². The Morgan fingerprint density at radius 3 is 2.15 bits per heavy atom. The molecule has 0 amide bonds. The minimum atomic E-state index is 0.472. The molecule has 0 atom stereocenters. The van der Waals surface area contributed by atoms with Crippen molar-refractivity contribution in [2.45, 2.75) is 44.9 Å². The first-order chi connectivity index (χ1) is 6.33. The summed E-state index contributed by atoms with van der Waals surface area (Å²) in [6.07, 6.45) is 14.3. The van der Waals surface area contributed by atoms with Gasteiger partial charge in [-0.15, -0.1) is 6.58 Å². The van der Waals surface area contributed by atoms with Gasteiger partial charge in [0.25, 0.3) is 0 Å². The second-order valence-electron chi connectivity index (χ2n) is 4.27. The van der Waals surface area contributed by atoms with Gasteiger partial charge in [-0.25, -0.2) is 0 Å². The highest BCUT2D eigenvalue weighted by molar-refractivity contribution is 7.98. The van der Waals surface area contributed by atoms with E-state index < -0.39 is 0 Å². The van der Waals surface area contributed by atoms with Gasteiger partial charge < -0.3 is 0 Å². The van der Waals surface area contributed by atoms with Crippen molar-refractivity contribution >= 4 is 11.8 Å². The summed E-state index contributed by atoms with van der Waals surface area (Å²) in [5, 5.41) is 0. The second-order valence-corrected chi connectivity index (χ2v) is 5.13. The monoisotopic (exact) mass is 198 g/mol. The molecule has 0 saturated heterocycles. The lowest BCUT2D eigenvalue weighted by Crippen LogP contribution is -2.22. The molecule has 0 nitrogen and oxygen atoms in total. The number of allylic oxidation sites excluding steroid dienone is 1. The fraction of sp³-hybridized carbons (Fsp3) is 0.833. The van der Waals surface area contributed by atoms with Gasteiger partial charge in [0.05, 0.1) is 0 Å². The molecule has 0 aromatic carbocycles. The second kappa shape index (κ2) is 5.74. The topological polar surface area (TPSA) is 0 Å². The van der Waals surface area contributed by atoms with Crippen molar-refractivity contribution < 1.29 is 0 Å². The molecule has 1 saturated carbocycles. The zero-order valence-electron chi connectivity index (χ0n) is 8.85. The molecule has 1 fully saturated rings. The molecule has 1 aliphatic rings. The summed E-state index contributed by atoms with van der Waals surface area (Å²) >= 11 is 1.98.